The Labute approximate surface area is 573 Å². The number of rotatable bonds is 7. The summed E-state index contributed by atoms with van der Waals surface area (Å²) in [7, 11) is 0. The van der Waals surface area contributed by atoms with Gasteiger partial charge in [-0.2, -0.15) is 0 Å². The molecule has 3 heterocycles. The Balaban J connectivity index is 1.25. The van der Waals surface area contributed by atoms with Crippen LogP contribution in [0.3, 0.4) is 0 Å². The van der Waals surface area contributed by atoms with E-state index < -0.39 is 0 Å². The van der Waals surface area contributed by atoms with E-state index in [1.807, 2.05) is 12.1 Å². The standard InChI is InChI=1S/C90H100N6/c1-83(2,3)59-30-38-75-70(50-59)71-51-60(84(4,5)6)31-39-76(71)95(75)74-37-29-56(80-92-81(57-42-63(87(13,14)15)48-64(43-57)88(16,17)18)94-82(93-80)58-44-65(89(19,20)21)49-66(45-58)90(22,23)24)46-69(74)68-36-28-55(54-26-34-67(91-25)35-27-54)47-79(68)96-77-40-32-61(85(7,8)9)52-72(77)73-53-62(86(10,11)12)33-41-78(73)96/h26-53H,1-24H3. The lowest BCUT2D eigenvalue weighted by molar-refractivity contribution is 0.568. The predicted molar refractivity (Wildman–Crippen MR) is 412 cm³/mol. The van der Waals surface area contributed by atoms with E-state index >= 15 is 0 Å². The van der Waals surface area contributed by atoms with Crippen LogP contribution in [0.4, 0.5) is 5.69 Å². The van der Waals surface area contributed by atoms with E-state index in [0.717, 1.165) is 72.4 Å². The largest absolute Gasteiger partial charge is 0.309 e. The number of aromatic nitrogens is 5. The fourth-order valence-electron chi connectivity index (χ4n) is 13.4. The molecule has 3 aromatic heterocycles. The maximum atomic E-state index is 7.91. The van der Waals surface area contributed by atoms with E-state index in [9.17, 15) is 0 Å². The topological polar surface area (TPSA) is 52.9 Å². The Kier molecular flexibility index (Phi) is 16.2. The van der Waals surface area contributed by atoms with Crippen molar-refractivity contribution in [3.05, 3.63) is 226 Å². The molecule has 0 amide bonds. The van der Waals surface area contributed by atoms with Gasteiger partial charge in [-0.1, -0.05) is 239 Å². The van der Waals surface area contributed by atoms with Crippen molar-refractivity contribution in [2.24, 2.45) is 0 Å². The maximum absolute atomic E-state index is 7.91. The molecule has 0 aliphatic rings. The second-order valence-electron chi connectivity index (χ2n) is 35.6. The van der Waals surface area contributed by atoms with E-state index in [-0.39, 0.29) is 43.3 Å². The summed E-state index contributed by atoms with van der Waals surface area (Å²) in [6, 6.07) is 64.4. The summed E-state index contributed by atoms with van der Waals surface area (Å²) in [6.45, 7) is 63.1. The Bertz CT molecular complexity index is 4810. The fraction of sp³-hybridized carbons (Fsp3) is 0.356. The van der Waals surface area contributed by atoms with Crippen molar-refractivity contribution in [1.29, 1.82) is 0 Å². The summed E-state index contributed by atoms with van der Waals surface area (Å²) in [5.41, 5.74) is 23.2. The van der Waals surface area contributed by atoms with Gasteiger partial charge in [-0.25, -0.2) is 19.8 Å². The van der Waals surface area contributed by atoms with Gasteiger partial charge in [-0.15, -0.1) is 0 Å². The lowest BCUT2D eigenvalue weighted by Crippen LogP contribution is -2.17. The van der Waals surface area contributed by atoms with Crippen molar-refractivity contribution in [3.8, 4) is 67.8 Å². The summed E-state index contributed by atoms with van der Waals surface area (Å²) in [5, 5.41) is 4.86. The zero-order valence-corrected chi connectivity index (χ0v) is 61.8. The van der Waals surface area contributed by atoms with Crippen molar-refractivity contribution in [2.45, 2.75) is 209 Å². The molecule has 0 N–H and O–H groups in total. The molecular weight excluding hydrogens is 1170 g/mol. The molecule has 0 bridgehead atoms. The van der Waals surface area contributed by atoms with Crippen molar-refractivity contribution in [2.75, 3.05) is 0 Å². The minimum absolute atomic E-state index is 0.0827. The average Bonchev–Trinajstić information content (AvgIpc) is 1.55. The summed E-state index contributed by atoms with van der Waals surface area (Å²) in [4.78, 5) is 20.8. The second-order valence-corrected chi connectivity index (χ2v) is 35.6. The van der Waals surface area contributed by atoms with Gasteiger partial charge in [0.15, 0.2) is 23.2 Å². The number of fused-ring (bicyclic) bond motifs is 6. The normalized spacial score (nSPS) is 13.2. The SMILES string of the molecule is [C-]#[N+]c1ccc(-c2ccc(-c3cc(-c4nc(-c5cc(C(C)(C)C)cc(C(C)(C)C)c5)nc(-c5cc(C(C)(C)C)cc(C(C)(C)C)c5)n4)ccc3-n3c4ccc(C(C)(C)C)cc4c4cc(C(C)(C)C)ccc43)c(-n3c4ccc(C(C)(C)C)cc4c4cc(C(C)(C)C)ccc43)c2)cc1. The molecule has 6 heteroatoms. The van der Waals surface area contributed by atoms with Crippen molar-refractivity contribution in [3.63, 3.8) is 0 Å². The van der Waals surface area contributed by atoms with E-state index in [1.54, 1.807) is 0 Å². The highest BCUT2D eigenvalue weighted by atomic mass is 15.0. The second kappa shape index (κ2) is 23.1. The molecule has 490 valence electrons. The van der Waals surface area contributed by atoms with Gasteiger partial charge in [0.1, 0.15) is 0 Å². The molecule has 12 aromatic rings. The van der Waals surface area contributed by atoms with Gasteiger partial charge < -0.3 is 9.13 Å². The molecule has 0 spiro atoms. The Morgan fingerprint density at radius 1 is 0.250 bits per heavy atom. The summed E-state index contributed by atoms with van der Waals surface area (Å²) >= 11 is 0. The third-order valence-corrected chi connectivity index (χ3v) is 19.8. The monoisotopic (exact) mass is 1260 g/mol. The van der Waals surface area contributed by atoms with E-state index in [0.29, 0.717) is 23.2 Å². The number of hydrogen-bond acceptors (Lipinski definition) is 3. The highest BCUT2D eigenvalue weighted by Gasteiger charge is 2.30. The van der Waals surface area contributed by atoms with Crippen LogP contribution in [0.1, 0.15) is 211 Å². The molecule has 0 fully saturated rings. The highest BCUT2D eigenvalue weighted by molar-refractivity contribution is 6.12. The third kappa shape index (κ3) is 12.8. The molecular formula is C90H100N6. The summed E-state index contributed by atoms with van der Waals surface area (Å²) in [6.07, 6.45) is 0. The molecule has 0 saturated carbocycles. The Hall–Kier alpha value is -8.92. The van der Waals surface area contributed by atoms with Gasteiger partial charge in [-0.05, 0) is 196 Å². The molecule has 0 unspecified atom stereocenters. The maximum Gasteiger partial charge on any atom is 0.187 e. The van der Waals surface area contributed by atoms with Gasteiger partial charge in [0.05, 0.1) is 40.0 Å². The molecule has 0 radical (unpaired) electrons. The minimum atomic E-state index is -0.147. The Morgan fingerprint density at radius 2 is 0.552 bits per heavy atom. The first-order valence-corrected chi connectivity index (χ1v) is 34.6. The van der Waals surface area contributed by atoms with Crippen LogP contribution in [0.25, 0.3) is 116 Å². The number of hydrogen-bond donors (Lipinski definition) is 0. The van der Waals surface area contributed by atoms with E-state index in [2.05, 4.69) is 338 Å². The summed E-state index contributed by atoms with van der Waals surface area (Å²) in [5.74, 6) is 1.85. The first kappa shape index (κ1) is 67.1. The molecule has 9 aromatic carbocycles. The number of benzene rings is 9. The average molecular weight is 1270 g/mol. The van der Waals surface area contributed by atoms with Gasteiger partial charge in [0.25, 0.3) is 0 Å². The Morgan fingerprint density at radius 3 is 0.875 bits per heavy atom. The number of nitrogens with zero attached hydrogens (tertiary/aromatic N) is 6. The molecule has 6 nitrogen and oxygen atoms in total. The fourth-order valence-corrected chi connectivity index (χ4v) is 13.4. The summed E-state index contributed by atoms with van der Waals surface area (Å²) < 4.78 is 5.04. The van der Waals surface area contributed by atoms with Crippen LogP contribution in [-0.4, -0.2) is 24.1 Å². The van der Waals surface area contributed by atoms with Crippen molar-refractivity contribution >= 4 is 49.3 Å². The quantitative estimate of drug-likeness (QED) is 0.149. The first-order chi connectivity index (χ1) is 44.5. The smallest absolute Gasteiger partial charge is 0.187 e. The molecule has 0 aliphatic carbocycles. The molecule has 12 rings (SSSR count). The molecule has 96 heavy (non-hydrogen) atoms. The predicted octanol–water partition coefficient (Wildman–Crippen LogP) is 25.3. The van der Waals surface area contributed by atoms with Gasteiger partial charge in [0, 0.05) is 49.4 Å². The highest BCUT2D eigenvalue weighted by Crippen LogP contribution is 2.47. The third-order valence-electron chi connectivity index (χ3n) is 19.8. The van der Waals surface area contributed by atoms with Gasteiger partial charge in [-0.3, -0.25) is 0 Å². The van der Waals surface area contributed by atoms with Crippen molar-refractivity contribution in [1.82, 2.24) is 24.1 Å². The van der Waals surface area contributed by atoms with Crippen LogP contribution in [0.5, 0.6) is 0 Å². The molecule has 0 atom stereocenters. The first-order valence-electron chi connectivity index (χ1n) is 34.6. The minimum Gasteiger partial charge on any atom is -0.309 e. The van der Waals surface area contributed by atoms with Crippen LogP contribution in [0.15, 0.2) is 170 Å². The van der Waals surface area contributed by atoms with E-state index in [1.165, 1.54) is 66.1 Å². The zero-order chi connectivity index (χ0) is 69.5. The van der Waals surface area contributed by atoms with Crippen molar-refractivity contribution < 1.29 is 0 Å². The van der Waals surface area contributed by atoms with E-state index in [4.69, 9.17) is 21.5 Å². The van der Waals surface area contributed by atoms with Gasteiger partial charge in [0.2, 0.25) is 0 Å². The van der Waals surface area contributed by atoms with Gasteiger partial charge >= 0.3 is 0 Å². The lowest BCUT2D eigenvalue weighted by atomic mass is 9.79. The zero-order valence-electron chi connectivity index (χ0n) is 61.8. The van der Waals surface area contributed by atoms with Crippen LogP contribution in [0, 0.1) is 6.57 Å². The van der Waals surface area contributed by atoms with Crippen LogP contribution in [-0.2, 0) is 43.3 Å². The van der Waals surface area contributed by atoms with Crippen LogP contribution >= 0.6 is 0 Å². The lowest BCUT2D eigenvalue weighted by Gasteiger charge is -2.26. The van der Waals surface area contributed by atoms with Crippen LogP contribution < -0.4 is 0 Å². The molecule has 0 saturated heterocycles. The molecule has 0 aliphatic heterocycles. The van der Waals surface area contributed by atoms with Crippen LogP contribution in [0.2, 0.25) is 0 Å².